The van der Waals surface area contributed by atoms with Gasteiger partial charge in [0.05, 0.1) is 0 Å². The van der Waals surface area contributed by atoms with Crippen molar-refractivity contribution in [3.8, 4) is 0 Å². The molecular weight excluding hydrogens is 420 g/mol. The summed E-state index contributed by atoms with van der Waals surface area (Å²) in [5.74, 6) is 0.105. The number of allylic oxidation sites excluding steroid dienone is 12. The lowest BCUT2D eigenvalue weighted by molar-refractivity contribution is -0.121. The van der Waals surface area contributed by atoms with E-state index in [1.54, 1.807) is 0 Å². The molecule has 5 nitrogen and oxygen atoms in total. The second-order valence-corrected chi connectivity index (χ2v) is 8.43. The molecule has 0 aromatic rings. The van der Waals surface area contributed by atoms with Gasteiger partial charge in [-0.15, -0.1) is 0 Å². The van der Waals surface area contributed by atoms with Crippen molar-refractivity contribution in [3.05, 3.63) is 72.9 Å². The topological polar surface area (TPSA) is 70.4 Å². The summed E-state index contributed by atoms with van der Waals surface area (Å²) in [5.41, 5.74) is 5.90. The van der Waals surface area contributed by atoms with Crippen molar-refractivity contribution in [2.24, 2.45) is 5.73 Å². The number of carbonyl (C=O) groups excluding carboxylic acids is 1. The number of rotatable bonds is 18. The molecule has 1 saturated heterocycles. The first kappa shape index (κ1) is 29.8. The standard InChI is InChI=1S/C29H48N4O/c1-2-3-4-5-6-7-8-9-10-11-12-13-14-15-16-17-18-19-20-21-29(34)32-27-28(26-30)33-24-22-31-23-25-33/h3-4,6-7,9-10,12-13,15-16,18-19,28,31H,2,5,8,11,14,17,20-27,30H2,1H3,(H,32,34). The van der Waals surface area contributed by atoms with Crippen molar-refractivity contribution in [2.75, 3.05) is 39.3 Å². The van der Waals surface area contributed by atoms with E-state index in [1.807, 2.05) is 0 Å². The number of nitrogens with two attached hydrogens (primary N) is 1. The van der Waals surface area contributed by atoms with E-state index in [0.29, 0.717) is 19.5 Å². The Balaban J connectivity index is 2.00. The zero-order chi connectivity index (χ0) is 24.5. The van der Waals surface area contributed by atoms with Crippen LogP contribution in [0.5, 0.6) is 0 Å². The maximum absolute atomic E-state index is 12.1. The number of nitrogens with zero attached hydrogens (tertiary/aromatic N) is 1. The zero-order valence-corrected chi connectivity index (χ0v) is 21.3. The minimum atomic E-state index is 0.105. The van der Waals surface area contributed by atoms with Crippen molar-refractivity contribution in [3.63, 3.8) is 0 Å². The third-order valence-electron chi connectivity index (χ3n) is 5.61. The van der Waals surface area contributed by atoms with Crippen molar-refractivity contribution >= 4 is 5.91 Å². The highest BCUT2D eigenvalue weighted by Gasteiger charge is 2.19. The molecule has 0 aromatic heterocycles. The van der Waals surface area contributed by atoms with E-state index in [1.165, 1.54) is 0 Å². The van der Waals surface area contributed by atoms with Gasteiger partial charge in [-0.1, -0.05) is 79.8 Å². The summed E-state index contributed by atoms with van der Waals surface area (Å²) >= 11 is 0. The van der Waals surface area contributed by atoms with Crippen LogP contribution in [0.2, 0.25) is 0 Å². The highest BCUT2D eigenvalue weighted by atomic mass is 16.1. The number of nitrogens with one attached hydrogen (secondary N) is 2. The molecule has 0 saturated carbocycles. The zero-order valence-electron chi connectivity index (χ0n) is 21.3. The average molecular weight is 469 g/mol. The minimum Gasteiger partial charge on any atom is -0.354 e. The Bertz CT molecular complexity index is 670. The molecule has 5 heteroatoms. The lowest BCUT2D eigenvalue weighted by atomic mass is 10.2. The van der Waals surface area contributed by atoms with Crippen molar-refractivity contribution in [2.45, 2.75) is 64.3 Å². The Morgan fingerprint density at radius 1 is 0.824 bits per heavy atom. The monoisotopic (exact) mass is 468 g/mol. The van der Waals surface area contributed by atoms with Gasteiger partial charge in [0.1, 0.15) is 0 Å². The fourth-order valence-corrected chi connectivity index (χ4v) is 3.58. The number of hydrogen-bond donors (Lipinski definition) is 3. The Morgan fingerprint density at radius 2 is 1.29 bits per heavy atom. The van der Waals surface area contributed by atoms with E-state index in [9.17, 15) is 4.79 Å². The van der Waals surface area contributed by atoms with E-state index in [2.05, 4.69) is 95.4 Å². The fourth-order valence-electron chi connectivity index (χ4n) is 3.58. The van der Waals surface area contributed by atoms with Gasteiger partial charge < -0.3 is 16.4 Å². The van der Waals surface area contributed by atoms with E-state index in [4.69, 9.17) is 5.73 Å². The summed E-state index contributed by atoms with van der Waals surface area (Å²) in [6.45, 7) is 7.35. The molecule has 1 atom stereocenters. The summed E-state index contributed by atoms with van der Waals surface area (Å²) in [6.07, 6.45) is 33.6. The fraction of sp³-hybridized carbons (Fsp3) is 0.552. The van der Waals surface area contributed by atoms with Gasteiger partial charge in [0.25, 0.3) is 0 Å². The summed E-state index contributed by atoms with van der Waals surface area (Å²) in [4.78, 5) is 14.4. The third kappa shape index (κ3) is 17.3. The van der Waals surface area contributed by atoms with E-state index >= 15 is 0 Å². The Hall–Kier alpha value is -2.21. The molecule has 1 aliphatic heterocycles. The molecule has 0 bridgehead atoms. The minimum absolute atomic E-state index is 0.105. The van der Waals surface area contributed by atoms with E-state index in [0.717, 1.165) is 71.1 Å². The summed E-state index contributed by atoms with van der Waals surface area (Å²) in [7, 11) is 0. The predicted octanol–water partition coefficient (Wildman–Crippen LogP) is 4.81. The molecule has 1 heterocycles. The summed E-state index contributed by atoms with van der Waals surface area (Å²) < 4.78 is 0. The molecular formula is C29H48N4O. The van der Waals surface area contributed by atoms with Crippen molar-refractivity contribution < 1.29 is 4.79 Å². The molecule has 1 rings (SSSR count). The SMILES string of the molecule is CCC=CCC=CCC=CCC=CCC=CCC=CCCC(=O)NCC(CN)N1CCNCC1. The van der Waals surface area contributed by atoms with Crippen LogP contribution in [-0.4, -0.2) is 56.1 Å². The second-order valence-electron chi connectivity index (χ2n) is 8.43. The highest BCUT2D eigenvalue weighted by molar-refractivity contribution is 5.76. The molecule has 0 radical (unpaired) electrons. The van der Waals surface area contributed by atoms with Gasteiger partial charge in [0.2, 0.25) is 5.91 Å². The number of carbonyl (C=O) groups is 1. The number of amides is 1. The summed E-state index contributed by atoms with van der Waals surface area (Å²) in [6, 6.07) is 0.233. The molecule has 1 amide bonds. The van der Waals surface area contributed by atoms with Gasteiger partial charge in [-0.2, -0.15) is 0 Å². The normalized spacial score (nSPS) is 16.9. The number of piperazine rings is 1. The van der Waals surface area contributed by atoms with Crippen LogP contribution in [0.15, 0.2) is 72.9 Å². The molecule has 1 fully saturated rings. The average Bonchev–Trinajstić information content (AvgIpc) is 2.86. The predicted molar refractivity (Wildman–Crippen MR) is 148 cm³/mol. The first-order valence-electron chi connectivity index (χ1n) is 13.1. The van der Waals surface area contributed by atoms with Crippen LogP contribution in [0.3, 0.4) is 0 Å². The molecule has 0 aliphatic carbocycles. The summed E-state index contributed by atoms with van der Waals surface area (Å²) in [5, 5.41) is 6.39. The van der Waals surface area contributed by atoms with Gasteiger partial charge in [-0.05, 0) is 44.9 Å². The Morgan fingerprint density at radius 3 is 1.76 bits per heavy atom. The lowest BCUT2D eigenvalue weighted by Gasteiger charge is -2.34. The van der Waals surface area contributed by atoms with Gasteiger partial charge in [-0.25, -0.2) is 0 Å². The van der Waals surface area contributed by atoms with Crippen LogP contribution in [0.1, 0.15) is 58.3 Å². The molecule has 1 aliphatic rings. The van der Waals surface area contributed by atoms with Gasteiger partial charge in [0, 0.05) is 51.7 Å². The lowest BCUT2D eigenvalue weighted by Crippen LogP contribution is -2.54. The molecule has 0 aromatic carbocycles. The van der Waals surface area contributed by atoms with Crippen molar-refractivity contribution in [1.82, 2.24) is 15.5 Å². The maximum Gasteiger partial charge on any atom is 0.220 e. The van der Waals surface area contributed by atoms with Crippen LogP contribution < -0.4 is 16.4 Å². The van der Waals surface area contributed by atoms with Crippen LogP contribution >= 0.6 is 0 Å². The Kier molecular flexibility index (Phi) is 19.8. The van der Waals surface area contributed by atoms with Gasteiger partial charge in [-0.3, -0.25) is 9.69 Å². The molecule has 1 unspecified atom stereocenters. The van der Waals surface area contributed by atoms with Gasteiger partial charge in [0.15, 0.2) is 0 Å². The smallest absolute Gasteiger partial charge is 0.220 e. The largest absolute Gasteiger partial charge is 0.354 e. The van der Waals surface area contributed by atoms with Crippen LogP contribution in [0.25, 0.3) is 0 Å². The highest BCUT2D eigenvalue weighted by Crippen LogP contribution is 2.01. The first-order chi connectivity index (χ1) is 16.8. The second kappa shape index (κ2) is 22.6. The molecule has 4 N–H and O–H groups in total. The van der Waals surface area contributed by atoms with E-state index < -0.39 is 0 Å². The first-order valence-corrected chi connectivity index (χ1v) is 13.1. The van der Waals surface area contributed by atoms with Crippen LogP contribution in [0.4, 0.5) is 0 Å². The molecule has 190 valence electrons. The number of hydrogen-bond acceptors (Lipinski definition) is 4. The van der Waals surface area contributed by atoms with Crippen LogP contribution in [0, 0.1) is 0 Å². The van der Waals surface area contributed by atoms with Gasteiger partial charge >= 0.3 is 0 Å². The molecule has 34 heavy (non-hydrogen) atoms. The maximum atomic E-state index is 12.1. The third-order valence-corrected chi connectivity index (χ3v) is 5.61. The quantitative estimate of drug-likeness (QED) is 0.252. The van der Waals surface area contributed by atoms with Crippen LogP contribution in [-0.2, 0) is 4.79 Å². The van der Waals surface area contributed by atoms with Crippen molar-refractivity contribution in [1.29, 1.82) is 0 Å². The van der Waals surface area contributed by atoms with E-state index in [-0.39, 0.29) is 11.9 Å². The Labute approximate surface area is 208 Å². The molecule has 0 spiro atoms.